The summed E-state index contributed by atoms with van der Waals surface area (Å²) in [5, 5.41) is 4.45. The molecule has 0 bridgehead atoms. The number of anilines is 2. The smallest absolute Gasteiger partial charge is 0.139 e. The first-order chi connectivity index (χ1) is 13.0. The highest BCUT2D eigenvalue weighted by atomic mass is 35.5. The topological polar surface area (TPSA) is 32.6 Å². The molecule has 4 nitrogen and oxygen atoms in total. The Morgan fingerprint density at radius 1 is 1.00 bits per heavy atom. The number of pyridine rings is 1. The van der Waals surface area contributed by atoms with Gasteiger partial charge in [-0.2, -0.15) is 0 Å². The number of aromatic nitrogens is 2. The van der Waals surface area contributed by atoms with E-state index >= 15 is 0 Å². The molecule has 0 aliphatic rings. The van der Waals surface area contributed by atoms with Crippen molar-refractivity contribution in [1.82, 2.24) is 9.38 Å². The van der Waals surface area contributed by atoms with Gasteiger partial charge in [-0.1, -0.05) is 44.5 Å². The van der Waals surface area contributed by atoms with Gasteiger partial charge in [0.2, 0.25) is 0 Å². The second kappa shape index (κ2) is 7.32. The monoisotopic (exact) mass is 398 g/mol. The van der Waals surface area contributed by atoms with Gasteiger partial charge in [-0.05, 0) is 49.9 Å². The number of nitrogens with zero attached hydrogens (tertiary/aromatic N) is 3. The third-order valence-corrected chi connectivity index (χ3v) is 4.89. The first kappa shape index (κ1) is 20.5. The number of hydrogen-bond acceptors (Lipinski definition) is 3. The maximum atomic E-state index is 6.30. The van der Waals surface area contributed by atoms with Gasteiger partial charge in [-0.3, -0.25) is 4.40 Å². The van der Waals surface area contributed by atoms with Crippen LogP contribution < -0.4 is 10.2 Å². The lowest BCUT2D eigenvalue weighted by Crippen LogP contribution is -2.36. The molecule has 0 aliphatic heterocycles. The van der Waals surface area contributed by atoms with Crippen molar-refractivity contribution in [2.45, 2.75) is 46.6 Å². The van der Waals surface area contributed by atoms with Gasteiger partial charge in [0.15, 0.2) is 0 Å². The van der Waals surface area contributed by atoms with Gasteiger partial charge in [0.1, 0.15) is 17.2 Å². The molecule has 0 fully saturated rings. The molecule has 0 radical (unpaired) electrons. The van der Waals surface area contributed by atoms with Crippen molar-refractivity contribution in [3.8, 4) is 11.3 Å². The molecule has 0 amide bonds. The van der Waals surface area contributed by atoms with E-state index in [0.717, 1.165) is 34.8 Å². The zero-order chi connectivity index (χ0) is 20.7. The summed E-state index contributed by atoms with van der Waals surface area (Å²) >= 11 is 6.30. The molecule has 1 aromatic carbocycles. The molecule has 5 heteroatoms. The van der Waals surface area contributed by atoms with E-state index in [9.17, 15) is 0 Å². The zero-order valence-electron chi connectivity index (χ0n) is 18.0. The van der Waals surface area contributed by atoms with Gasteiger partial charge in [-0.25, -0.2) is 4.98 Å². The van der Waals surface area contributed by atoms with Crippen LogP contribution in [0, 0.1) is 5.41 Å². The standard InChI is InChI=1S/C23H31ClN4/c1-22(2,3)15-23(4,5)26-21-20(16-8-11-18(12-9-16)27(6)7)25-19-13-10-17(24)14-28(19)21/h8-14,26H,15H2,1-7H3. The lowest BCUT2D eigenvalue weighted by molar-refractivity contribution is 0.302. The molecule has 3 aromatic rings. The van der Waals surface area contributed by atoms with Crippen LogP contribution in [0.25, 0.3) is 16.9 Å². The van der Waals surface area contributed by atoms with E-state index in [-0.39, 0.29) is 11.0 Å². The highest BCUT2D eigenvalue weighted by Crippen LogP contribution is 2.35. The van der Waals surface area contributed by atoms with Crippen molar-refractivity contribution in [2.75, 3.05) is 24.3 Å². The molecular formula is C23H31ClN4. The fourth-order valence-corrected chi connectivity index (χ4v) is 4.11. The van der Waals surface area contributed by atoms with Crippen LogP contribution in [0.3, 0.4) is 0 Å². The van der Waals surface area contributed by atoms with Crippen molar-refractivity contribution in [3.63, 3.8) is 0 Å². The summed E-state index contributed by atoms with van der Waals surface area (Å²) in [5.41, 5.74) is 4.18. The van der Waals surface area contributed by atoms with Crippen LogP contribution in [0.4, 0.5) is 11.5 Å². The minimum absolute atomic E-state index is 0.102. The first-order valence-electron chi connectivity index (χ1n) is 9.69. The van der Waals surface area contributed by atoms with Crippen molar-refractivity contribution < 1.29 is 0 Å². The predicted octanol–water partition coefficient (Wildman–Crippen LogP) is 6.35. The lowest BCUT2D eigenvalue weighted by atomic mass is 9.82. The largest absolute Gasteiger partial charge is 0.378 e. The van der Waals surface area contributed by atoms with Crippen molar-refractivity contribution in [2.24, 2.45) is 5.41 Å². The Morgan fingerprint density at radius 2 is 1.64 bits per heavy atom. The van der Waals surface area contributed by atoms with E-state index in [1.807, 2.05) is 32.4 Å². The van der Waals surface area contributed by atoms with Gasteiger partial charge in [0.25, 0.3) is 0 Å². The van der Waals surface area contributed by atoms with Crippen molar-refractivity contribution in [3.05, 3.63) is 47.6 Å². The Bertz CT molecular complexity index is 963. The van der Waals surface area contributed by atoms with Gasteiger partial charge in [-0.15, -0.1) is 0 Å². The molecule has 3 rings (SSSR count). The molecule has 150 valence electrons. The maximum absolute atomic E-state index is 6.30. The number of fused-ring (bicyclic) bond motifs is 1. The fourth-order valence-electron chi connectivity index (χ4n) is 3.95. The summed E-state index contributed by atoms with van der Waals surface area (Å²) in [7, 11) is 4.09. The summed E-state index contributed by atoms with van der Waals surface area (Å²) in [4.78, 5) is 7.00. The average Bonchev–Trinajstić information content (AvgIpc) is 2.90. The van der Waals surface area contributed by atoms with Crippen LogP contribution in [0.2, 0.25) is 5.02 Å². The Hall–Kier alpha value is -2.20. The van der Waals surface area contributed by atoms with E-state index in [0.29, 0.717) is 5.02 Å². The van der Waals surface area contributed by atoms with Crippen molar-refractivity contribution >= 4 is 28.8 Å². The third-order valence-electron chi connectivity index (χ3n) is 4.67. The summed E-state index contributed by atoms with van der Waals surface area (Å²) in [5.74, 6) is 0.976. The fraction of sp³-hybridized carbons (Fsp3) is 0.435. The number of hydrogen-bond donors (Lipinski definition) is 1. The Morgan fingerprint density at radius 3 is 2.21 bits per heavy atom. The average molecular weight is 399 g/mol. The minimum Gasteiger partial charge on any atom is -0.378 e. The van der Waals surface area contributed by atoms with Gasteiger partial charge in [0, 0.05) is 37.1 Å². The molecule has 2 aromatic heterocycles. The summed E-state index contributed by atoms with van der Waals surface area (Å²) in [6.45, 7) is 11.3. The van der Waals surface area contributed by atoms with Gasteiger partial charge >= 0.3 is 0 Å². The highest BCUT2D eigenvalue weighted by Gasteiger charge is 2.28. The van der Waals surface area contributed by atoms with Crippen LogP contribution in [0.15, 0.2) is 42.6 Å². The van der Waals surface area contributed by atoms with E-state index < -0.39 is 0 Å². The third kappa shape index (κ3) is 4.61. The maximum Gasteiger partial charge on any atom is 0.139 e. The van der Waals surface area contributed by atoms with Crippen LogP contribution >= 0.6 is 11.6 Å². The van der Waals surface area contributed by atoms with Gasteiger partial charge < -0.3 is 10.2 Å². The Labute approximate surface area is 173 Å². The van der Waals surface area contributed by atoms with E-state index in [1.165, 1.54) is 0 Å². The molecule has 1 N–H and O–H groups in total. The molecule has 0 saturated heterocycles. The van der Waals surface area contributed by atoms with E-state index in [1.54, 1.807) is 0 Å². The van der Waals surface area contributed by atoms with Crippen LogP contribution in [-0.4, -0.2) is 29.0 Å². The van der Waals surface area contributed by atoms with Crippen LogP contribution in [0.1, 0.15) is 41.0 Å². The predicted molar refractivity (Wildman–Crippen MR) is 122 cm³/mol. The number of halogens is 1. The molecule has 2 heterocycles. The van der Waals surface area contributed by atoms with Crippen LogP contribution in [-0.2, 0) is 0 Å². The number of imidazole rings is 1. The quantitative estimate of drug-likeness (QED) is 0.543. The number of benzene rings is 1. The lowest BCUT2D eigenvalue weighted by Gasteiger charge is -2.34. The number of rotatable bonds is 5. The number of nitrogens with one attached hydrogen (secondary N) is 1. The minimum atomic E-state index is -0.102. The highest BCUT2D eigenvalue weighted by molar-refractivity contribution is 6.30. The first-order valence-corrected chi connectivity index (χ1v) is 10.1. The second-order valence-electron chi connectivity index (χ2n) is 9.57. The van der Waals surface area contributed by atoms with E-state index in [2.05, 4.69) is 73.5 Å². The molecule has 0 spiro atoms. The van der Waals surface area contributed by atoms with Crippen molar-refractivity contribution in [1.29, 1.82) is 0 Å². The SMILES string of the molecule is CN(C)c1ccc(-c2nc3ccc(Cl)cn3c2NC(C)(C)CC(C)(C)C)cc1. The molecule has 28 heavy (non-hydrogen) atoms. The van der Waals surface area contributed by atoms with Gasteiger partial charge in [0.05, 0.1) is 5.02 Å². The van der Waals surface area contributed by atoms with Crippen LogP contribution in [0.5, 0.6) is 0 Å². The molecular weight excluding hydrogens is 368 g/mol. The molecule has 0 unspecified atom stereocenters. The molecule has 0 saturated carbocycles. The summed E-state index contributed by atoms with van der Waals surface area (Å²) in [6.07, 6.45) is 2.95. The zero-order valence-corrected chi connectivity index (χ0v) is 18.7. The Balaban J connectivity index is 2.11. The summed E-state index contributed by atoms with van der Waals surface area (Å²) in [6, 6.07) is 12.3. The molecule has 0 aliphatic carbocycles. The normalized spacial score (nSPS) is 12.4. The molecule has 0 atom stereocenters. The van der Waals surface area contributed by atoms with E-state index in [4.69, 9.17) is 16.6 Å². The second-order valence-corrected chi connectivity index (χ2v) is 10.0. The summed E-state index contributed by atoms with van der Waals surface area (Å²) < 4.78 is 2.06. The Kier molecular flexibility index (Phi) is 5.37.